The molecule has 0 unspecified atom stereocenters. The van der Waals surface area contributed by atoms with Crippen LogP contribution in [0.15, 0.2) is 30.6 Å². The lowest BCUT2D eigenvalue weighted by atomic mass is 10.0. The number of rotatable bonds is 2. The summed E-state index contributed by atoms with van der Waals surface area (Å²) in [5, 5.41) is 9.89. The molecule has 1 aromatic heterocycles. The van der Waals surface area contributed by atoms with Crippen LogP contribution in [0.5, 0.6) is 0 Å². The Morgan fingerprint density at radius 1 is 1.17 bits per heavy atom. The van der Waals surface area contributed by atoms with Crippen LogP contribution in [-0.4, -0.2) is 4.98 Å². The maximum absolute atomic E-state index is 8.80. The minimum absolute atomic E-state index is 0.301. The molecule has 0 spiro atoms. The van der Waals surface area contributed by atoms with Gasteiger partial charge in [-0.05, 0) is 29.3 Å². The molecule has 0 aliphatic carbocycles. The van der Waals surface area contributed by atoms with Gasteiger partial charge in [-0.25, -0.2) is 0 Å². The van der Waals surface area contributed by atoms with Crippen molar-refractivity contribution in [2.24, 2.45) is 0 Å². The van der Waals surface area contributed by atoms with Crippen LogP contribution in [0.1, 0.15) is 5.56 Å². The fourth-order valence-corrected chi connectivity index (χ4v) is 2.23. The third-order valence-corrected chi connectivity index (χ3v) is 3.67. The summed E-state index contributed by atoms with van der Waals surface area (Å²) in [5.41, 5.74) is 2.51. The third-order valence-electron chi connectivity index (χ3n) is 2.48. The van der Waals surface area contributed by atoms with Crippen LogP contribution in [0.2, 0.25) is 15.1 Å². The number of nitrogens with zero attached hydrogens (tertiary/aromatic N) is 2. The van der Waals surface area contributed by atoms with E-state index in [0.717, 1.165) is 16.7 Å². The number of nitriles is 1. The highest BCUT2D eigenvalue weighted by molar-refractivity contribution is 6.48. The van der Waals surface area contributed by atoms with E-state index in [4.69, 9.17) is 40.1 Å². The first-order chi connectivity index (χ1) is 8.63. The molecule has 0 atom stereocenters. The lowest BCUT2D eigenvalue weighted by Crippen LogP contribution is -1.90. The van der Waals surface area contributed by atoms with E-state index in [1.54, 1.807) is 30.6 Å². The van der Waals surface area contributed by atoms with E-state index in [2.05, 4.69) is 11.1 Å². The van der Waals surface area contributed by atoms with E-state index in [9.17, 15) is 0 Å². The van der Waals surface area contributed by atoms with Crippen molar-refractivity contribution in [2.75, 3.05) is 0 Å². The van der Waals surface area contributed by atoms with Crippen molar-refractivity contribution in [1.29, 1.82) is 5.26 Å². The Labute approximate surface area is 120 Å². The predicted octanol–water partition coefficient (Wildman–Crippen LogP) is 4.77. The summed E-state index contributed by atoms with van der Waals surface area (Å²) >= 11 is 17.9. The molecule has 90 valence electrons. The Kier molecular flexibility index (Phi) is 4.08. The molecule has 5 heteroatoms. The van der Waals surface area contributed by atoms with Gasteiger partial charge in [-0.3, -0.25) is 4.98 Å². The van der Waals surface area contributed by atoms with Gasteiger partial charge in [0.2, 0.25) is 0 Å². The summed E-state index contributed by atoms with van der Waals surface area (Å²) < 4.78 is 0. The van der Waals surface area contributed by atoms with Crippen molar-refractivity contribution in [1.82, 2.24) is 4.98 Å². The molecule has 0 radical (unpaired) electrons. The lowest BCUT2D eigenvalue weighted by Gasteiger charge is -2.08. The highest BCUT2D eigenvalue weighted by Crippen LogP contribution is 2.35. The molecule has 0 saturated carbocycles. The fraction of sp³-hybridized carbons (Fsp3) is 0.0769. The van der Waals surface area contributed by atoms with Gasteiger partial charge < -0.3 is 0 Å². The molecule has 1 heterocycles. The number of hydrogen-bond donors (Lipinski definition) is 0. The zero-order valence-electron chi connectivity index (χ0n) is 9.12. The first kappa shape index (κ1) is 13.2. The topological polar surface area (TPSA) is 36.7 Å². The summed E-state index contributed by atoms with van der Waals surface area (Å²) in [7, 11) is 0. The van der Waals surface area contributed by atoms with E-state index in [-0.39, 0.29) is 0 Å². The van der Waals surface area contributed by atoms with Gasteiger partial charge in [0.25, 0.3) is 0 Å². The second-order valence-corrected chi connectivity index (χ2v) is 4.81. The van der Waals surface area contributed by atoms with Crippen LogP contribution < -0.4 is 0 Å². The minimum atomic E-state index is 0.301. The normalized spacial score (nSPS) is 10.1. The molecule has 0 saturated heterocycles. The Morgan fingerprint density at radius 3 is 2.44 bits per heavy atom. The zero-order valence-corrected chi connectivity index (χ0v) is 11.4. The molecular formula is C13H7Cl3N2. The van der Waals surface area contributed by atoms with Crippen molar-refractivity contribution in [3.8, 4) is 17.2 Å². The second-order valence-electron chi connectivity index (χ2n) is 3.62. The summed E-state index contributed by atoms with van der Waals surface area (Å²) in [6.07, 6.45) is 3.63. The van der Waals surface area contributed by atoms with Crippen LogP contribution in [0.4, 0.5) is 0 Å². The minimum Gasteiger partial charge on any atom is -0.264 e. The maximum Gasteiger partial charge on any atom is 0.0778 e. The van der Waals surface area contributed by atoms with E-state index < -0.39 is 0 Å². The monoisotopic (exact) mass is 296 g/mol. The van der Waals surface area contributed by atoms with Crippen molar-refractivity contribution in [3.63, 3.8) is 0 Å². The standard InChI is InChI=1S/C13H7Cl3N2/c14-11-5-9(6-12(15)13(11)16)10-7-18-4-2-8(10)1-3-17/h2,4-7H,1H2. The van der Waals surface area contributed by atoms with Crippen molar-refractivity contribution >= 4 is 34.8 Å². The number of hydrogen-bond acceptors (Lipinski definition) is 2. The van der Waals surface area contributed by atoms with E-state index in [1.165, 1.54) is 0 Å². The average Bonchev–Trinajstić information content (AvgIpc) is 2.36. The van der Waals surface area contributed by atoms with Crippen LogP contribution in [0.25, 0.3) is 11.1 Å². The van der Waals surface area contributed by atoms with Gasteiger partial charge in [0.1, 0.15) is 0 Å². The average molecular weight is 298 g/mol. The largest absolute Gasteiger partial charge is 0.264 e. The van der Waals surface area contributed by atoms with Gasteiger partial charge in [-0.15, -0.1) is 0 Å². The van der Waals surface area contributed by atoms with Crippen LogP contribution >= 0.6 is 34.8 Å². The summed E-state index contributed by atoms with van der Waals surface area (Å²) in [5.74, 6) is 0. The quantitative estimate of drug-likeness (QED) is 0.748. The first-order valence-electron chi connectivity index (χ1n) is 5.08. The molecule has 0 amide bonds. The molecule has 2 rings (SSSR count). The number of aromatic nitrogens is 1. The molecule has 2 nitrogen and oxygen atoms in total. The summed E-state index contributed by atoms with van der Waals surface area (Å²) in [4.78, 5) is 4.06. The number of halogens is 3. The predicted molar refractivity (Wildman–Crippen MR) is 74.0 cm³/mol. The Morgan fingerprint density at radius 2 is 1.83 bits per heavy atom. The molecule has 1 aromatic carbocycles. The summed E-state index contributed by atoms with van der Waals surface area (Å²) in [6, 6.07) is 7.35. The molecule has 0 N–H and O–H groups in total. The molecular weight excluding hydrogens is 291 g/mol. The van der Waals surface area contributed by atoms with E-state index in [0.29, 0.717) is 21.5 Å². The summed E-state index contributed by atoms with van der Waals surface area (Å²) in [6.45, 7) is 0. The molecule has 0 aliphatic rings. The Bertz CT molecular complexity index is 609. The van der Waals surface area contributed by atoms with Gasteiger partial charge in [-0.1, -0.05) is 34.8 Å². The number of pyridine rings is 1. The fourth-order valence-electron chi connectivity index (χ4n) is 1.63. The maximum atomic E-state index is 8.80. The highest BCUT2D eigenvalue weighted by atomic mass is 35.5. The highest BCUT2D eigenvalue weighted by Gasteiger charge is 2.10. The van der Waals surface area contributed by atoms with Gasteiger partial charge >= 0.3 is 0 Å². The van der Waals surface area contributed by atoms with Crippen molar-refractivity contribution in [2.45, 2.75) is 6.42 Å². The zero-order chi connectivity index (χ0) is 13.1. The van der Waals surface area contributed by atoms with Crippen LogP contribution in [0, 0.1) is 11.3 Å². The Hall–Kier alpha value is -1.27. The van der Waals surface area contributed by atoms with Crippen LogP contribution in [0.3, 0.4) is 0 Å². The van der Waals surface area contributed by atoms with E-state index in [1.807, 2.05) is 0 Å². The van der Waals surface area contributed by atoms with E-state index >= 15 is 0 Å². The van der Waals surface area contributed by atoms with Crippen molar-refractivity contribution in [3.05, 3.63) is 51.2 Å². The second kappa shape index (κ2) is 5.58. The molecule has 0 aliphatic heterocycles. The SMILES string of the molecule is N#CCc1ccncc1-c1cc(Cl)c(Cl)c(Cl)c1. The number of benzene rings is 1. The van der Waals surface area contributed by atoms with Crippen LogP contribution in [-0.2, 0) is 6.42 Å². The van der Waals surface area contributed by atoms with Gasteiger partial charge in [0, 0.05) is 18.0 Å². The first-order valence-corrected chi connectivity index (χ1v) is 6.21. The third kappa shape index (κ3) is 2.59. The van der Waals surface area contributed by atoms with Gasteiger partial charge in [0.05, 0.1) is 27.6 Å². The Balaban J connectivity index is 2.59. The smallest absolute Gasteiger partial charge is 0.0778 e. The molecule has 0 fully saturated rings. The molecule has 0 bridgehead atoms. The molecule has 2 aromatic rings. The van der Waals surface area contributed by atoms with Gasteiger partial charge in [0.15, 0.2) is 0 Å². The van der Waals surface area contributed by atoms with Crippen molar-refractivity contribution < 1.29 is 0 Å². The lowest BCUT2D eigenvalue weighted by molar-refractivity contribution is 1.21. The molecule has 18 heavy (non-hydrogen) atoms. The van der Waals surface area contributed by atoms with Gasteiger partial charge in [-0.2, -0.15) is 5.26 Å².